The molecular formula is C15H10BrF3N6. The van der Waals surface area contributed by atoms with Gasteiger partial charge in [0.25, 0.3) is 0 Å². The van der Waals surface area contributed by atoms with Crippen molar-refractivity contribution in [2.24, 2.45) is 0 Å². The Bertz CT molecular complexity index is 1100. The summed E-state index contributed by atoms with van der Waals surface area (Å²) in [6, 6.07) is 7.46. The molecule has 0 spiro atoms. The van der Waals surface area contributed by atoms with Crippen LogP contribution in [0.4, 0.5) is 13.2 Å². The Hall–Kier alpha value is -2.49. The van der Waals surface area contributed by atoms with Crippen LogP contribution in [0.15, 0.2) is 35.1 Å². The van der Waals surface area contributed by atoms with Gasteiger partial charge < -0.3 is 0 Å². The molecule has 3 heterocycles. The van der Waals surface area contributed by atoms with Gasteiger partial charge in [-0.15, -0.1) is 5.10 Å². The smallest absolute Gasteiger partial charge is 0.260 e. The summed E-state index contributed by atoms with van der Waals surface area (Å²) in [4.78, 5) is 8.71. The van der Waals surface area contributed by atoms with E-state index in [2.05, 4.69) is 36.1 Å². The van der Waals surface area contributed by atoms with Crippen LogP contribution >= 0.6 is 15.9 Å². The van der Waals surface area contributed by atoms with E-state index in [0.29, 0.717) is 17.2 Å². The molecule has 0 fully saturated rings. The summed E-state index contributed by atoms with van der Waals surface area (Å²) in [5, 5.41) is 8.75. The highest BCUT2D eigenvalue weighted by Gasteiger charge is 2.38. The zero-order valence-corrected chi connectivity index (χ0v) is 14.4. The summed E-state index contributed by atoms with van der Waals surface area (Å²) < 4.78 is 41.6. The Morgan fingerprint density at radius 1 is 1.16 bits per heavy atom. The van der Waals surface area contributed by atoms with Crippen molar-refractivity contribution in [2.75, 3.05) is 0 Å². The molecule has 0 atom stereocenters. The molecule has 0 saturated heterocycles. The molecule has 25 heavy (non-hydrogen) atoms. The molecule has 128 valence electrons. The molecular weight excluding hydrogens is 401 g/mol. The van der Waals surface area contributed by atoms with Gasteiger partial charge in [0, 0.05) is 5.39 Å². The van der Waals surface area contributed by atoms with Gasteiger partial charge in [-0.2, -0.15) is 18.3 Å². The number of hydrogen-bond donors (Lipinski definition) is 0. The highest BCUT2D eigenvalue weighted by Crippen LogP contribution is 2.35. The van der Waals surface area contributed by atoms with Crippen LogP contribution in [0.25, 0.3) is 16.6 Å². The number of alkyl halides is 3. The van der Waals surface area contributed by atoms with Crippen molar-refractivity contribution >= 4 is 32.5 Å². The first-order valence-electron chi connectivity index (χ1n) is 7.23. The molecule has 1 aromatic carbocycles. The van der Waals surface area contributed by atoms with E-state index in [0.717, 1.165) is 10.9 Å². The van der Waals surface area contributed by atoms with Gasteiger partial charge >= 0.3 is 6.18 Å². The molecule has 0 aliphatic rings. The quantitative estimate of drug-likeness (QED) is 0.506. The first-order chi connectivity index (χ1) is 11.8. The fraction of sp³-hybridized carbons (Fsp3) is 0.200. The van der Waals surface area contributed by atoms with Crippen LogP contribution in [0.1, 0.15) is 17.2 Å². The van der Waals surface area contributed by atoms with E-state index in [1.807, 2.05) is 24.3 Å². The van der Waals surface area contributed by atoms with E-state index < -0.39 is 11.9 Å². The minimum absolute atomic E-state index is 0.0243. The first kappa shape index (κ1) is 16.0. The summed E-state index contributed by atoms with van der Waals surface area (Å²) >= 11 is 2.96. The third kappa shape index (κ3) is 2.66. The van der Waals surface area contributed by atoms with Gasteiger partial charge in [0.15, 0.2) is 17.2 Å². The van der Waals surface area contributed by atoms with Crippen molar-refractivity contribution in [1.29, 1.82) is 0 Å². The van der Waals surface area contributed by atoms with E-state index in [9.17, 15) is 13.2 Å². The fourth-order valence-corrected chi connectivity index (χ4v) is 3.09. The van der Waals surface area contributed by atoms with Gasteiger partial charge in [0.1, 0.15) is 12.9 Å². The highest BCUT2D eigenvalue weighted by atomic mass is 79.9. The summed E-state index contributed by atoms with van der Waals surface area (Å²) in [5.41, 5.74) is 0.766. The lowest BCUT2D eigenvalue weighted by Gasteiger charge is -2.01. The zero-order chi connectivity index (χ0) is 17.8. The van der Waals surface area contributed by atoms with Crippen molar-refractivity contribution < 1.29 is 13.2 Å². The number of halogens is 4. The Morgan fingerprint density at radius 3 is 2.64 bits per heavy atom. The molecule has 10 heteroatoms. The summed E-state index contributed by atoms with van der Waals surface area (Å²) in [5.74, 6) is 0.352. The number of aromatic nitrogens is 6. The molecule has 4 rings (SSSR count). The molecule has 3 aromatic heterocycles. The number of nitrogens with zero attached hydrogens (tertiary/aromatic N) is 6. The fourth-order valence-electron chi connectivity index (χ4n) is 2.58. The Kier molecular flexibility index (Phi) is 3.53. The summed E-state index contributed by atoms with van der Waals surface area (Å²) in [7, 11) is 0. The van der Waals surface area contributed by atoms with Crippen molar-refractivity contribution in [3.8, 4) is 0 Å². The number of rotatable bonds is 2. The maximum absolute atomic E-state index is 13.0. The number of fused-ring (bicyclic) bond motifs is 3. The summed E-state index contributed by atoms with van der Waals surface area (Å²) in [6.45, 7) is 1.58. The highest BCUT2D eigenvalue weighted by molar-refractivity contribution is 9.10. The first-order valence-corrected chi connectivity index (χ1v) is 8.03. The molecule has 0 radical (unpaired) electrons. The van der Waals surface area contributed by atoms with E-state index in [1.165, 1.54) is 15.5 Å². The molecule has 0 saturated carbocycles. The van der Waals surface area contributed by atoms with Crippen LogP contribution < -0.4 is 0 Å². The van der Waals surface area contributed by atoms with Crippen LogP contribution in [0.2, 0.25) is 0 Å². The molecule has 0 aliphatic heterocycles. The van der Waals surface area contributed by atoms with Gasteiger partial charge in [-0.25, -0.2) is 14.5 Å². The average Bonchev–Trinajstić information content (AvgIpc) is 3.10. The van der Waals surface area contributed by atoms with Crippen molar-refractivity contribution in [3.63, 3.8) is 0 Å². The predicted molar refractivity (Wildman–Crippen MR) is 87.1 cm³/mol. The minimum Gasteiger partial charge on any atom is -0.260 e. The van der Waals surface area contributed by atoms with Crippen molar-refractivity contribution in [2.45, 2.75) is 19.6 Å². The van der Waals surface area contributed by atoms with Gasteiger partial charge in [0.05, 0.1) is 15.7 Å². The van der Waals surface area contributed by atoms with Crippen molar-refractivity contribution in [1.82, 2.24) is 29.4 Å². The Balaban J connectivity index is 1.78. The standard InChI is InChI=1S/C15H10BrF3N6/c1-8-12(16)13(15(17,18)19)23-24(8)6-11-21-14-9-4-2-3-5-10(9)20-7-25(14)22-11/h2-5,7H,6H2,1H3. The second kappa shape index (κ2) is 5.51. The maximum Gasteiger partial charge on any atom is 0.436 e. The Labute approximate surface area is 147 Å². The maximum atomic E-state index is 13.0. The van der Waals surface area contributed by atoms with Gasteiger partial charge in [-0.1, -0.05) is 12.1 Å². The monoisotopic (exact) mass is 410 g/mol. The number of para-hydroxylation sites is 1. The van der Waals surface area contributed by atoms with Crippen LogP contribution in [0, 0.1) is 6.92 Å². The molecule has 4 aromatic rings. The molecule has 0 amide bonds. The second-order valence-corrected chi connectivity index (χ2v) is 6.25. The molecule has 0 N–H and O–H groups in total. The van der Waals surface area contributed by atoms with Crippen LogP contribution in [-0.2, 0) is 12.7 Å². The molecule has 0 bridgehead atoms. The minimum atomic E-state index is -4.53. The lowest BCUT2D eigenvalue weighted by atomic mass is 10.2. The Morgan fingerprint density at radius 2 is 1.92 bits per heavy atom. The third-order valence-electron chi connectivity index (χ3n) is 3.82. The average molecular weight is 411 g/mol. The number of benzene rings is 1. The topological polar surface area (TPSA) is 60.9 Å². The summed E-state index contributed by atoms with van der Waals surface area (Å²) in [6.07, 6.45) is -3.00. The lowest BCUT2D eigenvalue weighted by Crippen LogP contribution is -2.10. The van der Waals surface area contributed by atoms with Gasteiger partial charge in [0.2, 0.25) is 0 Å². The largest absolute Gasteiger partial charge is 0.436 e. The van der Waals surface area contributed by atoms with Crippen LogP contribution in [0.3, 0.4) is 0 Å². The molecule has 0 unspecified atom stereocenters. The van der Waals surface area contributed by atoms with E-state index in [4.69, 9.17) is 0 Å². The third-order valence-corrected chi connectivity index (χ3v) is 4.77. The SMILES string of the molecule is Cc1c(Br)c(C(F)(F)F)nn1Cc1nc2c3ccccc3ncn2n1. The lowest BCUT2D eigenvalue weighted by molar-refractivity contribution is -0.142. The van der Waals surface area contributed by atoms with Gasteiger partial charge in [-0.05, 0) is 35.0 Å². The van der Waals surface area contributed by atoms with E-state index in [-0.39, 0.29) is 11.0 Å². The van der Waals surface area contributed by atoms with Crippen molar-refractivity contribution in [3.05, 3.63) is 52.3 Å². The van der Waals surface area contributed by atoms with Gasteiger partial charge in [-0.3, -0.25) is 4.68 Å². The number of hydrogen-bond acceptors (Lipinski definition) is 4. The molecule has 6 nitrogen and oxygen atoms in total. The second-order valence-electron chi connectivity index (χ2n) is 5.46. The van der Waals surface area contributed by atoms with Crippen LogP contribution in [-0.4, -0.2) is 29.4 Å². The zero-order valence-electron chi connectivity index (χ0n) is 12.8. The molecule has 0 aliphatic carbocycles. The normalized spacial score (nSPS) is 12.4. The predicted octanol–water partition coefficient (Wildman–Crippen LogP) is 3.61. The van der Waals surface area contributed by atoms with E-state index in [1.54, 1.807) is 6.92 Å². The van der Waals surface area contributed by atoms with Crippen LogP contribution in [0.5, 0.6) is 0 Å². The van der Waals surface area contributed by atoms with E-state index >= 15 is 0 Å².